The van der Waals surface area contributed by atoms with Crippen LogP contribution in [0.15, 0.2) is 18.2 Å². The molecule has 0 heterocycles. The molecule has 2 rings (SSSR count). The standard InChI is InChI=1S/C17H26N2O3S2/c1-13-12-14(8-9-16(13)19-24(2,21)22)17(20)18-10-11-23-15-6-4-3-5-7-15/h8-9,12,15,19H,3-7,10-11H2,1-2H3,(H,18,20). The normalized spacial score (nSPS) is 15.9. The molecule has 134 valence electrons. The average molecular weight is 371 g/mol. The maximum atomic E-state index is 12.2. The maximum Gasteiger partial charge on any atom is 0.251 e. The van der Waals surface area contributed by atoms with Gasteiger partial charge in [-0.1, -0.05) is 19.3 Å². The second kappa shape index (κ2) is 8.76. The summed E-state index contributed by atoms with van der Waals surface area (Å²) < 4.78 is 25.0. The van der Waals surface area contributed by atoms with Gasteiger partial charge in [0.25, 0.3) is 5.91 Å². The van der Waals surface area contributed by atoms with E-state index in [1.165, 1.54) is 32.1 Å². The number of aryl methyl sites for hydroxylation is 1. The van der Waals surface area contributed by atoms with E-state index in [0.717, 1.165) is 22.8 Å². The molecule has 0 unspecified atom stereocenters. The zero-order valence-electron chi connectivity index (χ0n) is 14.3. The first-order valence-electron chi connectivity index (χ1n) is 8.33. The van der Waals surface area contributed by atoms with Crippen LogP contribution in [0.2, 0.25) is 0 Å². The van der Waals surface area contributed by atoms with Gasteiger partial charge in [-0.3, -0.25) is 9.52 Å². The molecule has 0 bridgehead atoms. The predicted molar refractivity (Wildman–Crippen MR) is 101 cm³/mol. The number of thioether (sulfide) groups is 1. The van der Waals surface area contributed by atoms with Gasteiger partial charge in [-0.15, -0.1) is 0 Å². The summed E-state index contributed by atoms with van der Waals surface area (Å²) in [5.74, 6) is 0.816. The summed E-state index contributed by atoms with van der Waals surface area (Å²) >= 11 is 1.96. The molecule has 0 aliphatic heterocycles. The molecule has 1 saturated carbocycles. The number of carbonyl (C=O) groups is 1. The van der Waals surface area contributed by atoms with Crippen molar-refractivity contribution in [2.45, 2.75) is 44.3 Å². The SMILES string of the molecule is Cc1cc(C(=O)NCCSC2CCCCC2)ccc1NS(C)(=O)=O. The molecular formula is C17H26N2O3S2. The molecule has 7 heteroatoms. The molecule has 5 nitrogen and oxygen atoms in total. The van der Waals surface area contributed by atoms with Crippen LogP contribution in [0.4, 0.5) is 5.69 Å². The Labute approximate surface area is 149 Å². The van der Waals surface area contributed by atoms with Crippen LogP contribution in [-0.4, -0.2) is 38.1 Å². The van der Waals surface area contributed by atoms with Crippen LogP contribution in [0.1, 0.15) is 48.0 Å². The highest BCUT2D eigenvalue weighted by atomic mass is 32.2. The van der Waals surface area contributed by atoms with Gasteiger partial charge in [0.05, 0.1) is 11.9 Å². The second-order valence-corrected chi connectivity index (χ2v) is 9.45. The van der Waals surface area contributed by atoms with E-state index in [9.17, 15) is 13.2 Å². The Balaban J connectivity index is 1.80. The fourth-order valence-electron chi connectivity index (χ4n) is 2.84. The molecule has 24 heavy (non-hydrogen) atoms. The molecule has 0 spiro atoms. The van der Waals surface area contributed by atoms with Crippen molar-refractivity contribution in [2.24, 2.45) is 0 Å². The first-order chi connectivity index (χ1) is 11.3. The van der Waals surface area contributed by atoms with Gasteiger partial charge in [0.2, 0.25) is 10.0 Å². The highest BCUT2D eigenvalue weighted by molar-refractivity contribution is 7.99. The lowest BCUT2D eigenvalue weighted by Crippen LogP contribution is -2.26. The van der Waals surface area contributed by atoms with Crippen LogP contribution in [-0.2, 0) is 10.0 Å². The Hall–Kier alpha value is -1.21. The molecule has 1 aliphatic rings. The summed E-state index contributed by atoms with van der Waals surface area (Å²) in [6, 6.07) is 4.98. The number of rotatable bonds is 7. The summed E-state index contributed by atoms with van der Waals surface area (Å²) in [7, 11) is -3.31. The van der Waals surface area contributed by atoms with Crippen molar-refractivity contribution >= 4 is 33.4 Å². The molecule has 2 N–H and O–H groups in total. The molecule has 0 atom stereocenters. The number of benzene rings is 1. The van der Waals surface area contributed by atoms with Gasteiger partial charge >= 0.3 is 0 Å². The monoisotopic (exact) mass is 370 g/mol. The summed E-state index contributed by atoms with van der Waals surface area (Å²) in [6.07, 6.45) is 7.72. The average Bonchev–Trinajstić information content (AvgIpc) is 2.53. The van der Waals surface area contributed by atoms with Gasteiger partial charge in [0.1, 0.15) is 0 Å². The fraction of sp³-hybridized carbons (Fsp3) is 0.588. The third kappa shape index (κ3) is 6.36. The van der Waals surface area contributed by atoms with Gasteiger partial charge in [-0.05, 0) is 43.5 Å². The molecule has 1 fully saturated rings. The van der Waals surface area contributed by atoms with E-state index >= 15 is 0 Å². The van der Waals surface area contributed by atoms with E-state index in [1.807, 2.05) is 11.8 Å². The number of hydrogen-bond donors (Lipinski definition) is 2. The zero-order chi connectivity index (χ0) is 17.6. The van der Waals surface area contributed by atoms with Crippen LogP contribution in [0.5, 0.6) is 0 Å². The number of hydrogen-bond acceptors (Lipinski definition) is 4. The minimum Gasteiger partial charge on any atom is -0.351 e. The second-order valence-electron chi connectivity index (χ2n) is 6.29. The van der Waals surface area contributed by atoms with Crippen LogP contribution in [0.3, 0.4) is 0 Å². The van der Waals surface area contributed by atoms with E-state index in [4.69, 9.17) is 0 Å². The first kappa shape index (κ1) is 19.1. The maximum absolute atomic E-state index is 12.2. The molecule has 1 aliphatic carbocycles. The molecule has 0 aromatic heterocycles. The lowest BCUT2D eigenvalue weighted by atomic mass is 10.0. The minimum atomic E-state index is -3.31. The highest BCUT2D eigenvalue weighted by Gasteiger charge is 2.14. The summed E-state index contributed by atoms with van der Waals surface area (Å²) in [4.78, 5) is 12.2. The van der Waals surface area contributed by atoms with E-state index in [1.54, 1.807) is 25.1 Å². The van der Waals surface area contributed by atoms with Crippen molar-refractivity contribution in [1.29, 1.82) is 0 Å². The molecule has 0 radical (unpaired) electrons. The van der Waals surface area contributed by atoms with Crippen molar-refractivity contribution < 1.29 is 13.2 Å². The number of nitrogens with one attached hydrogen (secondary N) is 2. The zero-order valence-corrected chi connectivity index (χ0v) is 15.9. The van der Waals surface area contributed by atoms with Gasteiger partial charge < -0.3 is 5.32 Å². The molecule has 1 aromatic carbocycles. The van der Waals surface area contributed by atoms with Gasteiger partial charge in [-0.2, -0.15) is 11.8 Å². The van der Waals surface area contributed by atoms with E-state index in [0.29, 0.717) is 17.8 Å². The summed E-state index contributed by atoms with van der Waals surface area (Å²) in [6.45, 7) is 2.44. The first-order valence-corrected chi connectivity index (χ1v) is 11.3. The van der Waals surface area contributed by atoms with Crippen LogP contribution in [0, 0.1) is 6.92 Å². The number of amides is 1. The lowest BCUT2D eigenvalue weighted by molar-refractivity contribution is 0.0956. The van der Waals surface area contributed by atoms with E-state index in [-0.39, 0.29) is 5.91 Å². The van der Waals surface area contributed by atoms with Crippen molar-refractivity contribution in [3.63, 3.8) is 0 Å². The third-order valence-electron chi connectivity index (χ3n) is 4.08. The summed E-state index contributed by atoms with van der Waals surface area (Å²) in [5.41, 5.74) is 1.78. The Morgan fingerprint density at radius 2 is 1.96 bits per heavy atom. The number of sulfonamides is 1. The fourth-order valence-corrected chi connectivity index (χ4v) is 4.69. The molecule has 1 amide bonds. The third-order valence-corrected chi connectivity index (χ3v) is 6.05. The largest absolute Gasteiger partial charge is 0.351 e. The van der Waals surface area contributed by atoms with E-state index < -0.39 is 10.0 Å². The quantitative estimate of drug-likeness (QED) is 0.723. The van der Waals surface area contributed by atoms with E-state index in [2.05, 4.69) is 10.0 Å². The summed E-state index contributed by atoms with van der Waals surface area (Å²) in [5, 5.41) is 3.68. The predicted octanol–water partition coefficient (Wildman–Crippen LogP) is 3.16. The van der Waals surface area contributed by atoms with Crippen molar-refractivity contribution in [2.75, 3.05) is 23.3 Å². The van der Waals surface area contributed by atoms with Crippen LogP contribution in [0.25, 0.3) is 0 Å². The Morgan fingerprint density at radius 1 is 1.25 bits per heavy atom. The lowest BCUT2D eigenvalue weighted by Gasteiger charge is -2.20. The topological polar surface area (TPSA) is 75.3 Å². The Bertz CT molecular complexity index is 668. The molecule has 1 aromatic rings. The molecular weight excluding hydrogens is 344 g/mol. The number of carbonyl (C=O) groups excluding carboxylic acids is 1. The van der Waals surface area contributed by atoms with Crippen LogP contribution >= 0.6 is 11.8 Å². The van der Waals surface area contributed by atoms with Gasteiger partial charge in [-0.25, -0.2) is 8.42 Å². The molecule has 0 saturated heterocycles. The smallest absolute Gasteiger partial charge is 0.251 e. The highest BCUT2D eigenvalue weighted by Crippen LogP contribution is 2.27. The Kier molecular flexibility index (Phi) is 6.98. The minimum absolute atomic E-state index is 0.117. The van der Waals surface area contributed by atoms with Gasteiger partial charge in [0, 0.05) is 23.1 Å². The van der Waals surface area contributed by atoms with Gasteiger partial charge in [0.15, 0.2) is 0 Å². The number of anilines is 1. The van der Waals surface area contributed by atoms with Crippen molar-refractivity contribution in [1.82, 2.24) is 5.32 Å². The Morgan fingerprint density at radius 3 is 2.58 bits per heavy atom. The van der Waals surface area contributed by atoms with Crippen molar-refractivity contribution in [3.05, 3.63) is 29.3 Å². The van der Waals surface area contributed by atoms with Crippen LogP contribution < -0.4 is 10.0 Å². The van der Waals surface area contributed by atoms with Crippen molar-refractivity contribution in [3.8, 4) is 0 Å².